The van der Waals surface area contributed by atoms with Gasteiger partial charge in [-0.05, 0) is 19.8 Å². The number of aromatic amines is 1. The maximum atomic E-state index is 11.3. The molecule has 1 aliphatic carbocycles. The summed E-state index contributed by atoms with van der Waals surface area (Å²) in [5.74, 6) is 0. The third-order valence-electron chi connectivity index (χ3n) is 2.05. The van der Waals surface area contributed by atoms with Crippen LogP contribution in [0.4, 0.5) is 0 Å². The summed E-state index contributed by atoms with van der Waals surface area (Å²) in [6.45, 7) is 1.79. The first-order valence-corrected chi connectivity index (χ1v) is 5.33. The Bertz CT molecular complexity index is 425. The Morgan fingerprint density at radius 1 is 1.79 bits per heavy atom. The number of nitrogens with one attached hydrogen (secondary N) is 1. The van der Waals surface area contributed by atoms with Crippen molar-refractivity contribution in [1.82, 2.24) is 14.8 Å². The zero-order chi connectivity index (χ0) is 10.1. The topological polar surface area (TPSA) is 74.5 Å². The number of hydrogen-bond donors (Lipinski definition) is 1. The highest BCUT2D eigenvalue weighted by atomic mass is 32.2. The Hall–Kier alpha value is -1.22. The minimum atomic E-state index is -0.178. The molecular formula is C8H10N4OS. The van der Waals surface area contributed by atoms with Crippen LogP contribution in [0, 0.1) is 11.3 Å². The number of rotatable bonds is 3. The van der Waals surface area contributed by atoms with E-state index in [1.807, 2.05) is 0 Å². The molecule has 0 bridgehead atoms. The normalized spacial score (nSPS) is 17.7. The monoisotopic (exact) mass is 210 g/mol. The fraction of sp³-hybridized carbons (Fsp3) is 0.625. The summed E-state index contributed by atoms with van der Waals surface area (Å²) in [6, 6.07) is 2.40. The van der Waals surface area contributed by atoms with Crippen molar-refractivity contribution in [2.45, 2.75) is 36.2 Å². The molecule has 1 unspecified atom stereocenters. The van der Waals surface area contributed by atoms with E-state index in [1.54, 1.807) is 11.5 Å². The molecule has 1 aliphatic rings. The molecule has 0 amide bonds. The molecule has 1 N–H and O–H groups in total. The molecule has 6 heteroatoms. The van der Waals surface area contributed by atoms with E-state index in [2.05, 4.69) is 16.3 Å². The second kappa shape index (κ2) is 3.50. The number of aromatic nitrogens is 3. The van der Waals surface area contributed by atoms with Crippen molar-refractivity contribution in [3.8, 4) is 6.07 Å². The zero-order valence-electron chi connectivity index (χ0n) is 7.73. The van der Waals surface area contributed by atoms with Crippen LogP contribution >= 0.6 is 11.8 Å². The quantitative estimate of drug-likeness (QED) is 0.752. The Balaban J connectivity index is 2.25. The van der Waals surface area contributed by atoms with Crippen molar-refractivity contribution in [3.05, 3.63) is 10.5 Å². The summed E-state index contributed by atoms with van der Waals surface area (Å²) in [7, 11) is 0. The molecule has 1 aromatic rings. The lowest BCUT2D eigenvalue weighted by molar-refractivity contribution is 0.642. The Morgan fingerprint density at radius 2 is 2.50 bits per heavy atom. The van der Waals surface area contributed by atoms with Crippen LogP contribution < -0.4 is 5.69 Å². The van der Waals surface area contributed by atoms with Gasteiger partial charge in [-0.2, -0.15) is 5.26 Å². The lowest BCUT2D eigenvalue weighted by atomic mass is 10.5. The van der Waals surface area contributed by atoms with Gasteiger partial charge in [0.15, 0.2) is 5.16 Å². The van der Waals surface area contributed by atoms with Gasteiger partial charge in [0.25, 0.3) is 0 Å². The lowest BCUT2D eigenvalue weighted by Gasteiger charge is -2.03. The van der Waals surface area contributed by atoms with Gasteiger partial charge in [-0.1, -0.05) is 11.8 Å². The summed E-state index contributed by atoms with van der Waals surface area (Å²) in [5.41, 5.74) is -0.167. The smallest absolute Gasteiger partial charge is 0.267 e. The van der Waals surface area contributed by atoms with E-state index in [1.165, 1.54) is 11.8 Å². The van der Waals surface area contributed by atoms with Crippen LogP contribution in [0.25, 0.3) is 0 Å². The average Bonchev–Trinajstić information content (AvgIpc) is 2.93. The first-order chi connectivity index (χ1) is 6.72. The van der Waals surface area contributed by atoms with Gasteiger partial charge in [-0.15, -0.1) is 5.10 Å². The van der Waals surface area contributed by atoms with E-state index in [4.69, 9.17) is 5.26 Å². The number of nitrogens with zero attached hydrogens (tertiary/aromatic N) is 3. The molecule has 1 atom stereocenters. The third-order valence-corrected chi connectivity index (χ3v) is 3.01. The van der Waals surface area contributed by atoms with Crippen molar-refractivity contribution in [3.63, 3.8) is 0 Å². The lowest BCUT2D eigenvalue weighted by Crippen LogP contribution is -2.16. The highest BCUT2D eigenvalue weighted by molar-refractivity contribution is 8.00. The molecule has 0 aromatic carbocycles. The molecule has 74 valence electrons. The standard InChI is InChI=1S/C8H10N4OS/c1-5(4-9)14-8-11-10-7(13)12(8)6-2-3-6/h5-6H,2-3H2,1H3,(H,10,13). The molecule has 1 fully saturated rings. The first-order valence-electron chi connectivity index (χ1n) is 4.45. The third kappa shape index (κ3) is 1.68. The number of hydrogen-bond acceptors (Lipinski definition) is 4. The highest BCUT2D eigenvalue weighted by Crippen LogP contribution is 2.36. The van der Waals surface area contributed by atoms with Crippen molar-refractivity contribution in [1.29, 1.82) is 5.26 Å². The van der Waals surface area contributed by atoms with Gasteiger partial charge in [0.1, 0.15) is 0 Å². The van der Waals surface area contributed by atoms with Crippen LogP contribution in [0.5, 0.6) is 0 Å². The molecule has 0 spiro atoms. The van der Waals surface area contributed by atoms with Gasteiger partial charge in [0, 0.05) is 6.04 Å². The van der Waals surface area contributed by atoms with Gasteiger partial charge in [0.05, 0.1) is 11.3 Å². The molecule has 0 radical (unpaired) electrons. The van der Waals surface area contributed by atoms with E-state index >= 15 is 0 Å². The van der Waals surface area contributed by atoms with Crippen LogP contribution in [0.1, 0.15) is 25.8 Å². The predicted octanol–water partition coefficient (Wildman–Crippen LogP) is 0.910. The van der Waals surface area contributed by atoms with E-state index in [0.29, 0.717) is 11.2 Å². The zero-order valence-corrected chi connectivity index (χ0v) is 8.54. The maximum Gasteiger partial charge on any atom is 0.344 e. The first kappa shape index (κ1) is 9.34. The van der Waals surface area contributed by atoms with Crippen LogP contribution in [-0.4, -0.2) is 20.0 Å². The van der Waals surface area contributed by atoms with Crippen LogP contribution in [-0.2, 0) is 0 Å². The minimum absolute atomic E-state index is 0.167. The van der Waals surface area contributed by atoms with E-state index < -0.39 is 0 Å². The summed E-state index contributed by atoms with van der Waals surface area (Å²) in [6.07, 6.45) is 2.07. The van der Waals surface area contributed by atoms with E-state index in [-0.39, 0.29) is 10.9 Å². The molecular weight excluding hydrogens is 200 g/mol. The van der Waals surface area contributed by atoms with Crippen molar-refractivity contribution in [2.24, 2.45) is 0 Å². The number of nitriles is 1. The van der Waals surface area contributed by atoms with Crippen molar-refractivity contribution < 1.29 is 0 Å². The Kier molecular flexibility index (Phi) is 2.33. The molecule has 1 aromatic heterocycles. The largest absolute Gasteiger partial charge is 0.344 e. The molecule has 5 nitrogen and oxygen atoms in total. The molecule has 1 heterocycles. The van der Waals surface area contributed by atoms with Gasteiger partial charge in [-0.3, -0.25) is 4.57 Å². The summed E-state index contributed by atoms with van der Waals surface area (Å²) in [4.78, 5) is 11.3. The maximum absolute atomic E-state index is 11.3. The van der Waals surface area contributed by atoms with Gasteiger partial charge in [-0.25, -0.2) is 9.89 Å². The Labute approximate surface area is 85.1 Å². The van der Waals surface area contributed by atoms with Gasteiger partial charge >= 0.3 is 5.69 Å². The second-order valence-corrected chi connectivity index (χ2v) is 4.61. The molecule has 0 aliphatic heterocycles. The molecule has 0 saturated heterocycles. The summed E-state index contributed by atoms with van der Waals surface area (Å²) < 4.78 is 1.65. The predicted molar refractivity (Wildman–Crippen MR) is 52.1 cm³/mol. The average molecular weight is 210 g/mol. The van der Waals surface area contributed by atoms with Gasteiger partial charge in [0.2, 0.25) is 0 Å². The highest BCUT2D eigenvalue weighted by Gasteiger charge is 2.29. The Morgan fingerprint density at radius 3 is 3.07 bits per heavy atom. The van der Waals surface area contributed by atoms with Crippen LogP contribution in [0.2, 0.25) is 0 Å². The second-order valence-electron chi connectivity index (χ2n) is 3.30. The molecule has 2 rings (SSSR count). The molecule has 14 heavy (non-hydrogen) atoms. The van der Waals surface area contributed by atoms with Crippen LogP contribution in [0.3, 0.4) is 0 Å². The SMILES string of the molecule is CC(C#N)Sc1n[nH]c(=O)n1C1CC1. The molecule has 1 saturated carbocycles. The van der Waals surface area contributed by atoms with Crippen molar-refractivity contribution in [2.75, 3.05) is 0 Å². The summed E-state index contributed by atoms with van der Waals surface area (Å²) >= 11 is 1.32. The number of H-pyrrole nitrogens is 1. The van der Waals surface area contributed by atoms with Crippen LogP contribution in [0.15, 0.2) is 9.95 Å². The van der Waals surface area contributed by atoms with E-state index in [0.717, 1.165) is 12.8 Å². The fourth-order valence-corrected chi connectivity index (χ4v) is 2.03. The fourth-order valence-electron chi connectivity index (χ4n) is 1.21. The number of thioether (sulfide) groups is 1. The van der Waals surface area contributed by atoms with E-state index in [9.17, 15) is 4.79 Å². The van der Waals surface area contributed by atoms with Crippen molar-refractivity contribution >= 4 is 11.8 Å². The summed E-state index contributed by atoms with van der Waals surface area (Å²) in [5, 5.41) is 15.4. The minimum Gasteiger partial charge on any atom is -0.267 e. The van der Waals surface area contributed by atoms with Gasteiger partial charge < -0.3 is 0 Å².